The summed E-state index contributed by atoms with van der Waals surface area (Å²) in [4.78, 5) is 7.28. The van der Waals surface area contributed by atoms with Crippen LogP contribution in [0.5, 0.6) is 0 Å². The van der Waals surface area contributed by atoms with Gasteiger partial charge in [-0.1, -0.05) is 6.07 Å². The monoisotopic (exact) mass is 289 g/mol. The maximum atomic E-state index is 5.28. The number of ether oxygens (including phenoxy) is 1. The predicted molar refractivity (Wildman–Crippen MR) is 85.5 cm³/mol. The highest BCUT2D eigenvalue weighted by Gasteiger charge is 2.32. The summed E-state index contributed by atoms with van der Waals surface area (Å²) in [6.45, 7) is 4.88. The van der Waals surface area contributed by atoms with Gasteiger partial charge in [0.05, 0.1) is 12.3 Å². The van der Waals surface area contributed by atoms with Gasteiger partial charge < -0.3 is 15.0 Å². The maximum Gasteiger partial charge on any atom is 0.129 e. The van der Waals surface area contributed by atoms with Crippen molar-refractivity contribution >= 4 is 5.82 Å². The smallest absolute Gasteiger partial charge is 0.129 e. The number of methoxy groups -OCH3 is 1. The Morgan fingerprint density at radius 2 is 2.14 bits per heavy atom. The van der Waals surface area contributed by atoms with E-state index in [1.165, 1.54) is 25.7 Å². The zero-order valence-corrected chi connectivity index (χ0v) is 13.2. The number of nitrogens with zero attached hydrogens (tertiary/aromatic N) is 2. The lowest BCUT2D eigenvalue weighted by atomic mass is 10.1. The van der Waals surface area contributed by atoms with Gasteiger partial charge in [0.2, 0.25) is 0 Å². The van der Waals surface area contributed by atoms with Crippen molar-refractivity contribution in [1.29, 1.82) is 0 Å². The van der Waals surface area contributed by atoms with E-state index in [1.54, 1.807) is 7.11 Å². The molecule has 0 saturated heterocycles. The molecule has 116 valence electrons. The number of rotatable bonds is 9. The Hall–Kier alpha value is -1.13. The quantitative estimate of drug-likeness (QED) is 0.758. The molecule has 2 aliphatic carbocycles. The van der Waals surface area contributed by atoms with E-state index in [1.807, 2.05) is 0 Å². The number of aromatic nitrogens is 1. The van der Waals surface area contributed by atoms with Crippen LogP contribution in [0.25, 0.3) is 0 Å². The number of hydrogen-bond acceptors (Lipinski definition) is 4. The molecule has 1 aromatic rings. The average Bonchev–Trinajstić information content (AvgIpc) is 3.40. The van der Waals surface area contributed by atoms with E-state index in [2.05, 4.69) is 35.3 Å². The highest BCUT2D eigenvalue weighted by atomic mass is 16.5. The molecule has 2 aliphatic rings. The molecule has 1 unspecified atom stereocenters. The molecule has 2 saturated carbocycles. The van der Waals surface area contributed by atoms with Crippen LogP contribution in [0, 0.1) is 5.92 Å². The second-order valence-electron chi connectivity index (χ2n) is 6.41. The topological polar surface area (TPSA) is 37.4 Å². The molecule has 0 spiro atoms. The number of hydrogen-bond donors (Lipinski definition) is 1. The Morgan fingerprint density at radius 1 is 1.33 bits per heavy atom. The summed E-state index contributed by atoms with van der Waals surface area (Å²) >= 11 is 0. The Labute approximate surface area is 127 Å². The van der Waals surface area contributed by atoms with E-state index in [9.17, 15) is 0 Å². The first-order chi connectivity index (χ1) is 10.3. The second kappa shape index (κ2) is 6.75. The van der Waals surface area contributed by atoms with Crippen LogP contribution in [0.2, 0.25) is 0 Å². The number of pyridine rings is 1. The fourth-order valence-electron chi connectivity index (χ4n) is 2.81. The van der Waals surface area contributed by atoms with Gasteiger partial charge in [0.15, 0.2) is 0 Å². The fourth-order valence-corrected chi connectivity index (χ4v) is 2.81. The SMILES string of the molecule is COCCN(c1cccc(CNC2CC2)n1)C(C)C1CC1. The summed E-state index contributed by atoms with van der Waals surface area (Å²) in [6.07, 6.45) is 5.35. The van der Waals surface area contributed by atoms with Crippen molar-refractivity contribution in [3.8, 4) is 0 Å². The van der Waals surface area contributed by atoms with Crippen LogP contribution in [0.3, 0.4) is 0 Å². The number of anilines is 1. The largest absolute Gasteiger partial charge is 0.383 e. The van der Waals surface area contributed by atoms with Gasteiger partial charge in [0, 0.05) is 32.3 Å². The van der Waals surface area contributed by atoms with E-state index in [0.29, 0.717) is 6.04 Å². The van der Waals surface area contributed by atoms with Crippen molar-refractivity contribution in [2.75, 3.05) is 25.2 Å². The normalized spacial score (nSPS) is 19.5. The first kappa shape index (κ1) is 14.8. The van der Waals surface area contributed by atoms with E-state index in [-0.39, 0.29) is 0 Å². The van der Waals surface area contributed by atoms with Gasteiger partial charge in [-0.15, -0.1) is 0 Å². The Morgan fingerprint density at radius 3 is 2.81 bits per heavy atom. The van der Waals surface area contributed by atoms with Gasteiger partial charge >= 0.3 is 0 Å². The summed E-state index contributed by atoms with van der Waals surface area (Å²) in [6, 6.07) is 7.67. The van der Waals surface area contributed by atoms with Crippen LogP contribution >= 0.6 is 0 Å². The third-order valence-electron chi connectivity index (χ3n) is 4.57. The van der Waals surface area contributed by atoms with Crippen molar-refractivity contribution in [2.45, 2.75) is 51.2 Å². The number of nitrogens with one attached hydrogen (secondary N) is 1. The highest BCUT2D eigenvalue weighted by Crippen LogP contribution is 2.36. The van der Waals surface area contributed by atoms with Crippen LogP contribution in [-0.4, -0.2) is 37.3 Å². The van der Waals surface area contributed by atoms with E-state index in [4.69, 9.17) is 9.72 Å². The molecular weight excluding hydrogens is 262 g/mol. The predicted octanol–water partition coefficient (Wildman–Crippen LogP) is 2.58. The molecule has 1 heterocycles. The molecule has 21 heavy (non-hydrogen) atoms. The molecule has 0 aromatic carbocycles. The van der Waals surface area contributed by atoms with E-state index < -0.39 is 0 Å². The third kappa shape index (κ3) is 4.17. The van der Waals surface area contributed by atoms with Crippen LogP contribution in [-0.2, 0) is 11.3 Å². The van der Waals surface area contributed by atoms with E-state index >= 15 is 0 Å². The Kier molecular flexibility index (Phi) is 4.76. The standard InChI is InChI=1S/C17H27N3O/c1-13(14-6-7-14)20(10-11-21-2)17-5-3-4-16(19-17)12-18-15-8-9-15/h3-5,13-15,18H,6-12H2,1-2H3. The fraction of sp³-hybridized carbons (Fsp3) is 0.706. The van der Waals surface area contributed by atoms with Crippen molar-refractivity contribution in [2.24, 2.45) is 5.92 Å². The van der Waals surface area contributed by atoms with Crippen LogP contribution in [0.1, 0.15) is 38.3 Å². The summed E-state index contributed by atoms with van der Waals surface area (Å²) in [5.41, 5.74) is 1.14. The first-order valence-corrected chi connectivity index (χ1v) is 8.23. The average molecular weight is 289 g/mol. The minimum absolute atomic E-state index is 0.555. The minimum Gasteiger partial charge on any atom is -0.383 e. The van der Waals surface area contributed by atoms with Crippen molar-refractivity contribution in [1.82, 2.24) is 10.3 Å². The molecule has 4 nitrogen and oxygen atoms in total. The van der Waals surface area contributed by atoms with E-state index in [0.717, 1.165) is 43.2 Å². The molecule has 4 heteroatoms. The van der Waals surface area contributed by atoms with Gasteiger partial charge in [-0.05, 0) is 50.7 Å². The minimum atomic E-state index is 0.555. The highest BCUT2D eigenvalue weighted by molar-refractivity contribution is 5.41. The second-order valence-corrected chi connectivity index (χ2v) is 6.41. The molecule has 1 N–H and O–H groups in total. The van der Waals surface area contributed by atoms with Crippen molar-refractivity contribution in [3.63, 3.8) is 0 Å². The van der Waals surface area contributed by atoms with Gasteiger partial charge in [0.25, 0.3) is 0 Å². The summed E-state index contributed by atoms with van der Waals surface area (Å²) < 4.78 is 5.28. The summed E-state index contributed by atoms with van der Waals surface area (Å²) in [5.74, 6) is 1.93. The molecule has 3 rings (SSSR count). The Bertz CT molecular complexity index is 457. The molecule has 1 aromatic heterocycles. The molecular formula is C17H27N3O. The molecule has 0 bridgehead atoms. The third-order valence-corrected chi connectivity index (χ3v) is 4.57. The zero-order valence-electron chi connectivity index (χ0n) is 13.2. The van der Waals surface area contributed by atoms with Crippen LogP contribution < -0.4 is 10.2 Å². The zero-order chi connectivity index (χ0) is 14.7. The lowest BCUT2D eigenvalue weighted by Gasteiger charge is -2.30. The van der Waals surface area contributed by atoms with Gasteiger partial charge in [-0.25, -0.2) is 4.98 Å². The van der Waals surface area contributed by atoms with Gasteiger partial charge in [-0.2, -0.15) is 0 Å². The summed E-state index contributed by atoms with van der Waals surface area (Å²) in [7, 11) is 1.77. The molecule has 1 atom stereocenters. The van der Waals surface area contributed by atoms with Crippen LogP contribution in [0.15, 0.2) is 18.2 Å². The maximum absolute atomic E-state index is 5.28. The molecule has 2 fully saturated rings. The van der Waals surface area contributed by atoms with Gasteiger partial charge in [-0.3, -0.25) is 0 Å². The molecule has 0 amide bonds. The van der Waals surface area contributed by atoms with Crippen molar-refractivity contribution < 1.29 is 4.74 Å². The van der Waals surface area contributed by atoms with Crippen LogP contribution in [0.4, 0.5) is 5.82 Å². The lowest BCUT2D eigenvalue weighted by Crippen LogP contribution is -2.38. The Balaban J connectivity index is 1.68. The van der Waals surface area contributed by atoms with Crippen molar-refractivity contribution in [3.05, 3.63) is 23.9 Å². The molecule has 0 aliphatic heterocycles. The lowest BCUT2D eigenvalue weighted by molar-refractivity contribution is 0.202. The summed E-state index contributed by atoms with van der Waals surface area (Å²) in [5, 5.41) is 3.54. The first-order valence-electron chi connectivity index (χ1n) is 8.23. The molecule has 0 radical (unpaired) electrons. The van der Waals surface area contributed by atoms with Gasteiger partial charge in [0.1, 0.15) is 5.82 Å².